The average Bonchev–Trinajstić information content (AvgIpc) is 2.11. The van der Waals surface area contributed by atoms with Crippen molar-refractivity contribution >= 4 is 11.5 Å². The van der Waals surface area contributed by atoms with Gasteiger partial charge in [-0.25, -0.2) is 0 Å². The Morgan fingerprint density at radius 3 is 2.50 bits per heavy atom. The lowest BCUT2D eigenvalue weighted by Gasteiger charge is -2.12. The van der Waals surface area contributed by atoms with Gasteiger partial charge in [-0.1, -0.05) is 0 Å². The molecule has 4 nitrogen and oxygen atoms in total. The lowest BCUT2D eigenvalue weighted by Crippen LogP contribution is -2.30. The van der Waals surface area contributed by atoms with E-state index in [-0.39, 0.29) is 4.87 Å². The Labute approximate surface area is 62.2 Å². The quantitative estimate of drug-likeness (QED) is 0.607. The molecule has 5 heteroatoms. The van der Waals surface area contributed by atoms with Crippen LogP contribution in [0.25, 0.3) is 0 Å². The molecule has 0 bridgehead atoms. The highest BCUT2D eigenvalue weighted by molar-refractivity contribution is 7.02. The predicted molar refractivity (Wildman–Crippen MR) is 39.9 cm³/mol. The van der Waals surface area contributed by atoms with Crippen LogP contribution < -0.4 is 10.6 Å². The zero-order chi connectivity index (χ0) is 7.78. The van der Waals surface area contributed by atoms with Gasteiger partial charge in [0.1, 0.15) is 5.82 Å². The van der Waals surface area contributed by atoms with Crippen LogP contribution in [0.3, 0.4) is 0 Å². The van der Waals surface area contributed by atoms with E-state index in [1.54, 1.807) is 13.8 Å². The first-order valence-corrected chi connectivity index (χ1v) is 3.63. The van der Waals surface area contributed by atoms with Gasteiger partial charge >= 0.3 is 4.87 Å². The summed E-state index contributed by atoms with van der Waals surface area (Å²) in [7, 11) is 0. The molecule has 0 aliphatic carbocycles. The molecular weight excluding hydrogens is 150 g/mol. The van der Waals surface area contributed by atoms with E-state index >= 15 is 0 Å². The second-order valence-corrected chi connectivity index (χ2v) is 3.40. The molecule has 10 heavy (non-hydrogen) atoms. The van der Waals surface area contributed by atoms with Gasteiger partial charge in [0, 0.05) is 11.5 Å². The molecule has 0 radical (unpaired) electrons. The fourth-order valence-corrected chi connectivity index (χ4v) is 1.11. The molecule has 0 amide bonds. The highest BCUT2D eigenvalue weighted by Crippen LogP contribution is 2.09. The first kappa shape index (κ1) is 7.43. The second-order valence-electron chi connectivity index (χ2n) is 2.67. The molecule has 0 aliphatic heterocycles. The van der Waals surface area contributed by atoms with E-state index in [0.29, 0.717) is 5.82 Å². The topological polar surface area (TPSA) is 71.8 Å². The number of nitrogens with zero attached hydrogens (tertiary/aromatic N) is 1. The fourth-order valence-electron chi connectivity index (χ4n) is 0.508. The molecule has 0 spiro atoms. The van der Waals surface area contributed by atoms with Crippen molar-refractivity contribution in [3.05, 3.63) is 15.5 Å². The maximum atomic E-state index is 10.6. The minimum absolute atomic E-state index is 0.159. The summed E-state index contributed by atoms with van der Waals surface area (Å²) >= 11 is 0.890. The standard InChI is InChI=1S/C5H9N3OS/c1-5(2,6)3-7-4(9)10-8-3/h6H2,1-2H3,(H,7,8,9). The molecule has 0 atom stereocenters. The van der Waals surface area contributed by atoms with Gasteiger partial charge in [0.2, 0.25) is 0 Å². The summed E-state index contributed by atoms with van der Waals surface area (Å²) in [5.41, 5.74) is 5.10. The van der Waals surface area contributed by atoms with Crippen molar-refractivity contribution < 1.29 is 0 Å². The van der Waals surface area contributed by atoms with Crippen LogP contribution >= 0.6 is 11.5 Å². The van der Waals surface area contributed by atoms with Gasteiger partial charge in [0.15, 0.2) is 0 Å². The summed E-state index contributed by atoms with van der Waals surface area (Å²) in [6.07, 6.45) is 0. The number of nitrogens with two attached hydrogens (primary N) is 1. The fraction of sp³-hybridized carbons (Fsp3) is 0.600. The van der Waals surface area contributed by atoms with E-state index < -0.39 is 5.54 Å². The van der Waals surface area contributed by atoms with Crippen LogP contribution in [0.2, 0.25) is 0 Å². The minimum Gasteiger partial charge on any atom is -0.319 e. The largest absolute Gasteiger partial charge is 0.323 e. The third-order valence-corrected chi connectivity index (χ3v) is 1.59. The number of aromatic nitrogens is 2. The number of H-pyrrole nitrogens is 1. The summed E-state index contributed by atoms with van der Waals surface area (Å²) in [6, 6.07) is 0. The molecule has 0 aliphatic rings. The lowest BCUT2D eigenvalue weighted by atomic mass is 10.1. The molecule has 0 unspecified atom stereocenters. The molecule has 1 heterocycles. The zero-order valence-corrected chi connectivity index (χ0v) is 6.66. The van der Waals surface area contributed by atoms with Gasteiger partial charge in [-0.2, -0.15) is 4.37 Å². The number of nitrogens with one attached hydrogen (secondary N) is 1. The smallest absolute Gasteiger partial charge is 0.319 e. The van der Waals surface area contributed by atoms with Crippen LogP contribution in [0.5, 0.6) is 0 Å². The van der Waals surface area contributed by atoms with Crippen LogP contribution in [0, 0.1) is 0 Å². The van der Waals surface area contributed by atoms with Gasteiger partial charge in [0.25, 0.3) is 0 Å². The van der Waals surface area contributed by atoms with Crippen molar-refractivity contribution in [2.24, 2.45) is 5.73 Å². The summed E-state index contributed by atoms with van der Waals surface area (Å²) in [4.78, 5) is 13.0. The Kier molecular flexibility index (Phi) is 1.61. The summed E-state index contributed by atoms with van der Waals surface area (Å²) in [5, 5.41) is 0. The van der Waals surface area contributed by atoms with Crippen molar-refractivity contribution in [2.45, 2.75) is 19.4 Å². The minimum atomic E-state index is -0.542. The normalized spacial score (nSPS) is 11.9. The lowest BCUT2D eigenvalue weighted by molar-refractivity contribution is 0.521. The molecule has 0 saturated heterocycles. The molecule has 0 saturated carbocycles. The van der Waals surface area contributed by atoms with E-state index in [9.17, 15) is 4.79 Å². The van der Waals surface area contributed by atoms with E-state index in [2.05, 4.69) is 9.36 Å². The van der Waals surface area contributed by atoms with Crippen LogP contribution in [0.15, 0.2) is 4.79 Å². The number of hydrogen-bond donors (Lipinski definition) is 2. The summed E-state index contributed by atoms with van der Waals surface area (Å²) < 4.78 is 3.84. The van der Waals surface area contributed by atoms with Gasteiger partial charge < -0.3 is 5.73 Å². The van der Waals surface area contributed by atoms with Crippen molar-refractivity contribution in [1.29, 1.82) is 0 Å². The summed E-state index contributed by atoms with van der Waals surface area (Å²) in [6.45, 7) is 3.58. The Balaban J connectivity index is 3.07. The van der Waals surface area contributed by atoms with Crippen molar-refractivity contribution in [3.63, 3.8) is 0 Å². The third-order valence-electron chi connectivity index (χ3n) is 1.05. The van der Waals surface area contributed by atoms with Crippen LogP contribution in [-0.4, -0.2) is 9.36 Å². The average molecular weight is 159 g/mol. The Hall–Kier alpha value is -0.680. The molecule has 56 valence electrons. The predicted octanol–water partition coefficient (Wildman–Crippen LogP) is 0.0252. The van der Waals surface area contributed by atoms with Crippen molar-refractivity contribution in [3.8, 4) is 0 Å². The van der Waals surface area contributed by atoms with Crippen LogP contribution in [0.1, 0.15) is 19.7 Å². The third kappa shape index (κ3) is 1.43. The molecule has 0 aromatic carbocycles. The Morgan fingerprint density at radius 1 is 1.70 bits per heavy atom. The molecule has 1 rings (SSSR count). The number of hydrogen-bond acceptors (Lipinski definition) is 4. The van der Waals surface area contributed by atoms with E-state index in [0.717, 1.165) is 11.5 Å². The first-order valence-electron chi connectivity index (χ1n) is 2.85. The molecule has 0 fully saturated rings. The summed E-state index contributed by atoms with van der Waals surface area (Å²) in [5.74, 6) is 0.544. The maximum absolute atomic E-state index is 10.6. The Morgan fingerprint density at radius 2 is 2.30 bits per heavy atom. The SMILES string of the molecule is CC(C)(N)c1nsc(=O)[nH]1. The van der Waals surface area contributed by atoms with E-state index in [4.69, 9.17) is 5.73 Å². The van der Waals surface area contributed by atoms with Gasteiger partial charge in [-0.05, 0) is 13.8 Å². The van der Waals surface area contributed by atoms with Crippen molar-refractivity contribution in [1.82, 2.24) is 9.36 Å². The second kappa shape index (κ2) is 2.17. The van der Waals surface area contributed by atoms with Crippen molar-refractivity contribution in [2.75, 3.05) is 0 Å². The zero-order valence-electron chi connectivity index (χ0n) is 5.84. The molecule has 1 aromatic heterocycles. The molecule has 1 aromatic rings. The maximum Gasteiger partial charge on any atom is 0.323 e. The number of aromatic amines is 1. The number of rotatable bonds is 1. The molecular formula is C5H9N3OS. The highest BCUT2D eigenvalue weighted by Gasteiger charge is 2.17. The van der Waals surface area contributed by atoms with E-state index in [1.807, 2.05) is 0 Å². The monoisotopic (exact) mass is 159 g/mol. The van der Waals surface area contributed by atoms with E-state index in [1.165, 1.54) is 0 Å². The highest BCUT2D eigenvalue weighted by atomic mass is 32.1. The van der Waals surface area contributed by atoms with Crippen LogP contribution in [0.4, 0.5) is 0 Å². The first-order chi connectivity index (χ1) is 4.50. The van der Waals surface area contributed by atoms with Crippen LogP contribution in [-0.2, 0) is 5.54 Å². The van der Waals surface area contributed by atoms with Gasteiger partial charge in [-0.3, -0.25) is 9.78 Å². The van der Waals surface area contributed by atoms with Gasteiger partial charge in [0.05, 0.1) is 5.54 Å². The Bertz CT molecular complexity index is 269. The van der Waals surface area contributed by atoms with Gasteiger partial charge in [-0.15, -0.1) is 0 Å². The molecule has 3 N–H and O–H groups in total.